The molecule has 0 fully saturated rings. The first-order chi connectivity index (χ1) is 14.1. The lowest BCUT2D eigenvalue weighted by Crippen LogP contribution is -2.23. The Balaban J connectivity index is 1.54. The average molecular weight is 382 g/mol. The predicted molar refractivity (Wildman–Crippen MR) is 116 cm³/mol. The van der Waals surface area contributed by atoms with Crippen LogP contribution in [0.3, 0.4) is 0 Å². The number of hydrogen-bond acceptors (Lipinski definition) is 3. The second-order valence-electron chi connectivity index (χ2n) is 7.05. The van der Waals surface area contributed by atoms with Crippen LogP contribution in [0.4, 0.5) is 0 Å². The van der Waals surface area contributed by atoms with E-state index >= 15 is 0 Å². The largest absolute Gasteiger partial charge is 0.346 e. The Morgan fingerprint density at radius 2 is 1.90 bits per heavy atom. The van der Waals surface area contributed by atoms with Gasteiger partial charge in [-0.15, -0.1) is 0 Å². The summed E-state index contributed by atoms with van der Waals surface area (Å²) in [7, 11) is 1.78. The third-order valence-electron chi connectivity index (χ3n) is 4.88. The maximum absolute atomic E-state index is 12.5. The number of carbonyl (C=O) groups is 1. The van der Waals surface area contributed by atoms with Gasteiger partial charge in [0.15, 0.2) is 0 Å². The minimum Gasteiger partial charge on any atom is -0.346 e. The van der Waals surface area contributed by atoms with Crippen molar-refractivity contribution in [3.63, 3.8) is 0 Å². The molecule has 0 saturated carbocycles. The van der Waals surface area contributed by atoms with Gasteiger partial charge in [0.2, 0.25) is 5.91 Å². The summed E-state index contributed by atoms with van der Waals surface area (Å²) in [5.41, 5.74) is 5.70. The van der Waals surface area contributed by atoms with E-state index < -0.39 is 0 Å². The number of pyridine rings is 2. The van der Waals surface area contributed by atoms with Gasteiger partial charge in [0, 0.05) is 42.8 Å². The van der Waals surface area contributed by atoms with Crippen molar-refractivity contribution >= 4 is 22.5 Å². The second-order valence-corrected chi connectivity index (χ2v) is 7.05. The number of carbonyl (C=O) groups excluding carboxylic acids is 1. The molecule has 1 amide bonds. The normalized spacial score (nSPS) is 11.6. The van der Waals surface area contributed by atoms with Crippen molar-refractivity contribution in [2.75, 3.05) is 7.05 Å². The van der Waals surface area contributed by atoms with E-state index in [1.54, 1.807) is 18.1 Å². The molecule has 3 aromatic heterocycles. The van der Waals surface area contributed by atoms with Crippen molar-refractivity contribution in [2.24, 2.45) is 0 Å². The first-order valence-corrected chi connectivity index (χ1v) is 9.48. The van der Waals surface area contributed by atoms with Crippen LogP contribution in [0.5, 0.6) is 0 Å². The number of rotatable bonds is 5. The van der Waals surface area contributed by atoms with Gasteiger partial charge in [-0.05, 0) is 47.9 Å². The minimum atomic E-state index is 0.0359. The first-order valence-electron chi connectivity index (χ1n) is 9.48. The fourth-order valence-electron chi connectivity index (χ4n) is 3.25. The number of aromatic amines is 1. The first kappa shape index (κ1) is 18.6. The number of allylic oxidation sites excluding steroid dienone is 1. The lowest BCUT2D eigenvalue weighted by atomic mass is 10.1. The minimum absolute atomic E-state index is 0.0359. The van der Waals surface area contributed by atoms with Crippen LogP contribution in [0.25, 0.3) is 27.7 Å². The van der Waals surface area contributed by atoms with E-state index in [4.69, 9.17) is 0 Å². The number of nitrogens with one attached hydrogen (secondary N) is 1. The van der Waals surface area contributed by atoms with Gasteiger partial charge in [-0.3, -0.25) is 9.78 Å². The standard InChI is InChI=1S/C24H22N4O/c1-17(16-28(2)23(29)12-18-6-4-3-5-7-18)22-14-19(8-10-25-22)21-13-20-9-11-26-24(20)27-15-21/h3-11,13-16H,12H2,1-2H3,(H,26,27)/b17-16+. The van der Waals surface area contributed by atoms with Gasteiger partial charge < -0.3 is 9.88 Å². The van der Waals surface area contributed by atoms with Gasteiger partial charge >= 0.3 is 0 Å². The summed E-state index contributed by atoms with van der Waals surface area (Å²) in [6, 6.07) is 17.9. The van der Waals surface area contributed by atoms with Crippen LogP contribution in [-0.4, -0.2) is 32.8 Å². The van der Waals surface area contributed by atoms with Crippen molar-refractivity contribution in [1.29, 1.82) is 0 Å². The molecule has 4 aromatic rings. The van der Waals surface area contributed by atoms with E-state index in [9.17, 15) is 4.79 Å². The summed E-state index contributed by atoms with van der Waals surface area (Å²) in [6.45, 7) is 1.96. The summed E-state index contributed by atoms with van der Waals surface area (Å²) in [5.74, 6) is 0.0359. The average Bonchev–Trinajstić information content (AvgIpc) is 3.22. The Morgan fingerprint density at radius 3 is 2.72 bits per heavy atom. The fourth-order valence-corrected chi connectivity index (χ4v) is 3.25. The SMILES string of the molecule is C/C(=C\N(C)C(=O)Cc1ccccc1)c1cc(-c2cnc3[nH]ccc3c2)ccn1. The van der Waals surface area contributed by atoms with Crippen LogP contribution in [-0.2, 0) is 11.2 Å². The van der Waals surface area contributed by atoms with Gasteiger partial charge in [0.05, 0.1) is 12.1 Å². The second kappa shape index (κ2) is 8.10. The molecule has 5 nitrogen and oxygen atoms in total. The molecule has 144 valence electrons. The molecule has 0 bridgehead atoms. The smallest absolute Gasteiger partial charge is 0.230 e. The molecule has 29 heavy (non-hydrogen) atoms. The maximum atomic E-state index is 12.5. The zero-order valence-corrected chi connectivity index (χ0v) is 16.5. The molecule has 5 heteroatoms. The molecule has 0 aliphatic carbocycles. The van der Waals surface area contributed by atoms with Crippen LogP contribution in [0, 0.1) is 0 Å². The van der Waals surface area contributed by atoms with Crippen molar-refractivity contribution in [1.82, 2.24) is 19.9 Å². The summed E-state index contributed by atoms with van der Waals surface area (Å²) >= 11 is 0. The summed E-state index contributed by atoms with van der Waals surface area (Å²) in [6.07, 6.45) is 7.73. The number of nitrogens with zero attached hydrogens (tertiary/aromatic N) is 3. The van der Waals surface area contributed by atoms with Crippen molar-refractivity contribution in [2.45, 2.75) is 13.3 Å². The van der Waals surface area contributed by atoms with E-state index in [1.807, 2.05) is 74.0 Å². The van der Waals surface area contributed by atoms with Crippen LogP contribution < -0.4 is 0 Å². The summed E-state index contributed by atoms with van der Waals surface area (Å²) in [5, 5.41) is 1.07. The van der Waals surface area contributed by atoms with Crippen LogP contribution in [0.15, 0.2) is 79.4 Å². The van der Waals surface area contributed by atoms with Gasteiger partial charge in [-0.1, -0.05) is 30.3 Å². The molecule has 1 aromatic carbocycles. The zero-order valence-electron chi connectivity index (χ0n) is 16.5. The Kier molecular flexibility index (Phi) is 5.20. The third-order valence-corrected chi connectivity index (χ3v) is 4.88. The van der Waals surface area contributed by atoms with Gasteiger partial charge in [-0.25, -0.2) is 4.98 Å². The number of benzene rings is 1. The Hall–Kier alpha value is -3.73. The summed E-state index contributed by atoms with van der Waals surface area (Å²) < 4.78 is 0. The van der Waals surface area contributed by atoms with Gasteiger partial charge in [-0.2, -0.15) is 0 Å². The highest BCUT2D eigenvalue weighted by Gasteiger charge is 2.10. The molecule has 0 unspecified atom stereocenters. The molecular weight excluding hydrogens is 360 g/mol. The van der Waals surface area contributed by atoms with Crippen molar-refractivity contribution in [3.05, 3.63) is 90.6 Å². The molecule has 0 aliphatic heterocycles. The molecular formula is C24H22N4O. The molecule has 0 spiro atoms. The van der Waals surface area contributed by atoms with Gasteiger partial charge in [0.1, 0.15) is 5.65 Å². The van der Waals surface area contributed by atoms with E-state index in [1.165, 1.54) is 0 Å². The topological polar surface area (TPSA) is 61.9 Å². The predicted octanol–water partition coefficient (Wildman–Crippen LogP) is 4.69. The Morgan fingerprint density at radius 1 is 1.07 bits per heavy atom. The number of aromatic nitrogens is 3. The molecule has 4 rings (SSSR count). The molecule has 0 radical (unpaired) electrons. The molecule has 0 atom stereocenters. The lowest BCUT2D eigenvalue weighted by Gasteiger charge is -2.14. The fraction of sp³-hybridized carbons (Fsp3) is 0.125. The monoisotopic (exact) mass is 382 g/mol. The van der Waals surface area contributed by atoms with Crippen LogP contribution in [0.2, 0.25) is 0 Å². The number of H-pyrrole nitrogens is 1. The van der Waals surface area contributed by atoms with E-state index in [0.29, 0.717) is 6.42 Å². The van der Waals surface area contributed by atoms with Crippen molar-refractivity contribution < 1.29 is 4.79 Å². The third kappa shape index (κ3) is 4.24. The number of hydrogen-bond donors (Lipinski definition) is 1. The Labute approximate surface area is 169 Å². The van der Waals surface area contributed by atoms with E-state index in [2.05, 4.69) is 21.0 Å². The number of amides is 1. The maximum Gasteiger partial charge on any atom is 0.230 e. The lowest BCUT2D eigenvalue weighted by molar-refractivity contribution is -0.126. The van der Waals surface area contributed by atoms with Crippen molar-refractivity contribution in [3.8, 4) is 11.1 Å². The molecule has 0 saturated heterocycles. The molecule has 1 N–H and O–H groups in total. The van der Waals surface area contributed by atoms with Gasteiger partial charge in [0.25, 0.3) is 0 Å². The highest BCUT2D eigenvalue weighted by molar-refractivity contribution is 5.83. The number of likely N-dealkylation sites (N-methyl/N-ethyl adjacent to an activating group) is 1. The molecule has 0 aliphatic rings. The highest BCUT2D eigenvalue weighted by atomic mass is 16.2. The number of fused-ring (bicyclic) bond motifs is 1. The van der Waals surface area contributed by atoms with E-state index in [0.717, 1.165) is 39.0 Å². The van der Waals surface area contributed by atoms with E-state index in [-0.39, 0.29) is 5.91 Å². The zero-order chi connectivity index (χ0) is 20.2. The van der Waals surface area contributed by atoms with Crippen LogP contribution in [0.1, 0.15) is 18.2 Å². The highest BCUT2D eigenvalue weighted by Crippen LogP contribution is 2.24. The van der Waals surface area contributed by atoms with Crippen LogP contribution >= 0.6 is 0 Å². The summed E-state index contributed by atoms with van der Waals surface area (Å²) in [4.78, 5) is 26.2. The quantitative estimate of drug-likeness (QED) is 0.545. The molecule has 3 heterocycles. The Bertz CT molecular complexity index is 1180.